The van der Waals surface area contributed by atoms with Crippen molar-refractivity contribution in [2.24, 2.45) is 5.73 Å². The molecule has 0 spiro atoms. The molecular weight excluding hydrogens is 249 g/mol. The lowest BCUT2D eigenvalue weighted by Crippen LogP contribution is -2.62. The fourth-order valence-corrected chi connectivity index (χ4v) is 1.84. The van der Waals surface area contributed by atoms with Gasteiger partial charge in [0.05, 0.1) is 6.10 Å². The molecule has 1 heterocycles. The van der Waals surface area contributed by atoms with E-state index < -0.39 is 17.6 Å². The van der Waals surface area contributed by atoms with Crippen molar-refractivity contribution in [2.75, 3.05) is 19.7 Å². The summed E-state index contributed by atoms with van der Waals surface area (Å²) in [5.41, 5.74) is 2.29. The van der Waals surface area contributed by atoms with Gasteiger partial charge in [0.15, 0.2) is 5.54 Å². The highest BCUT2D eigenvalue weighted by atomic mass is 19.4. The van der Waals surface area contributed by atoms with Crippen molar-refractivity contribution in [3.05, 3.63) is 0 Å². The van der Waals surface area contributed by atoms with Gasteiger partial charge in [-0.3, -0.25) is 4.79 Å². The van der Waals surface area contributed by atoms with Crippen LogP contribution in [0, 0.1) is 0 Å². The first-order chi connectivity index (χ1) is 8.20. The zero-order valence-electron chi connectivity index (χ0n) is 10.6. The Hall–Kier alpha value is -0.820. The van der Waals surface area contributed by atoms with Crippen LogP contribution in [0.2, 0.25) is 0 Å². The van der Waals surface area contributed by atoms with Crippen LogP contribution in [0.4, 0.5) is 13.2 Å². The normalized spacial score (nSPS) is 23.8. The molecule has 2 N–H and O–H groups in total. The quantitative estimate of drug-likeness (QED) is 0.836. The molecule has 0 aromatic carbocycles. The first-order valence-electron chi connectivity index (χ1n) is 5.96. The number of hydrogen-bond donors (Lipinski definition) is 1. The van der Waals surface area contributed by atoms with Gasteiger partial charge in [-0.25, -0.2) is 0 Å². The Labute approximate surface area is 104 Å². The van der Waals surface area contributed by atoms with Gasteiger partial charge < -0.3 is 15.4 Å². The summed E-state index contributed by atoms with van der Waals surface area (Å²) in [7, 11) is 0. The molecule has 0 saturated carbocycles. The van der Waals surface area contributed by atoms with E-state index >= 15 is 0 Å². The highest BCUT2D eigenvalue weighted by Gasteiger charge is 2.55. The smallest absolute Gasteiger partial charge is 0.376 e. The molecule has 106 valence electrons. The summed E-state index contributed by atoms with van der Waals surface area (Å²) in [5, 5.41) is 0. The average molecular weight is 268 g/mol. The molecule has 1 amide bonds. The second-order valence-corrected chi connectivity index (χ2v) is 4.68. The third kappa shape index (κ3) is 3.14. The van der Waals surface area contributed by atoms with Crippen LogP contribution in [0.25, 0.3) is 0 Å². The second kappa shape index (κ2) is 5.44. The van der Waals surface area contributed by atoms with Crippen LogP contribution in [0.1, 0.15) is 26.7 Å². The SMILES string of the molecule is CCN(CC1CCCO1)C(=O)C(C)(N)C(F)(F)F. The monoisotopic (exact) mass is 268 g/mol. The highest BCUT2D eigenvalue weighted by molar-refractivity contribution is 5.86. The molecule has 0 aromatic rings. The molecular formula is C11H19F3N2O2. The Morgan fingerprint density at radius 3 is 2.50 bits per heavy atom. The lowest BCUT2D eigenvalue weighted by Gasteiger charge is -2.33. The lowest BCUT2D eigenvalue weighted by molar-refractivity contribution is -0.194. The number of amides is 1. The van der Waals surface area contributed by atoms with Crippen LogP contribution in [-0.2, 0) is 9.53 Å². The predicted octanol–water partition coefficient (Wildman–Crippen LogP) is 1.29. The molecule has 1 saturated heterocycles. The summed E-state index contributed by atoms with van der Waals surface area (Å²) in [6.07, 6.45) is -3.31. The molecule has 4 nitrogen and oxygen atoms in total. The van der Waals surface area contributed by atoms with Crippen molar-refractivity contribution in [2.45, 2.75) is 44.5 Å². The number of halogens is 3. The third-order valence-electron chi connectivity index (χ3n) is 3.15. The van der Waals surface area contributed by atoms with Crippen LogP contribution in [-0.4, -0.2) is 48.3 Å². The molecule has 0 radical (unpaired) electrons. The van der Waals surface area contributed by atoms with Crippen LogP contribution in [0.5, 0.6) is 0 Å². The van der Waals surface area contributed by atoms with Crippen LogP contribution in [0.3, 0.4) is 0 Å². The average Bonchev–Trinajstić information content (AvgIpc) is 2.75. The van der Waals surface area contributed by atoms with Gasteiger partial charge in [-0.1, -0.05) is 0 Å². The Morgan fingerprint density at radius 1 is 1.50 bits per heavy atom. The van der Waals surface area contributed by atoms with E-state index in [9.17, 15) is 18.0 Å². The number of hydrogen-bond acceptors (Lipinski definition) is 3. The lowest BCUT2D eigenvalue weighted by atomic mass is 10.0. The van der Waals surface area contributed by atoms with E-state index in [-0.39, 0.29) is 19.2 Å². The fraction of sp³-hybridized carbons (Fsp3) is 0.909. The molecule has 7 heteroatoms. The number of carbonyl (C=O) groups excluding carboxylic acids is 1. The second-order valence-electron chi connectivity index (χ2n) is 4.68. The van der Waals surface area contributed by atoms with Gasteiger partial charge in [-0.2, -0.15) is 13.2 Å². The van der Waals surface area contributed by atoms with Gasteiger partial charge in [0.2, 0.25) is 0 Å². The summed E-state index contributed by atoms with van der Waals surface area (Å²) in [4.78, 5) is 13.0. The molecule has 1 aliphatic heterocycles. The van der Waals surface area contributed by atoms with Crippen molar-refractivity contribution in [1.29, 1.82) is 0 Å². The minimum Gasteiger partial charge on any atom is -0.376 e. The van der Waals surface area contributed by atoms with Gasteiger partial charge in [0, 0.05) is 19.7 Å². The fourth-order valence-electron chi connectivity index (χ4n) is 1.84. The van der Waals surface area contributed by atoms with Gasteiger partial charge in [0.25, 0.3) is 5.91 Å². The predicted molar refractivity (Wildman–Crippen MR) is 59.9 cm³/mol. The van der Waals surface area contributed by atoms with E-state index in [1.807, 2.05) is 0 Å². The molecule has 2 unspecified atom stereocenters. The maximum absolute atomic E-state index is 12.7. The maximum atomic E-state index is 12.7. The van der Waals surface area contributed by atoms with E-state index in [1.54, 1.807) is 6.92 Å². The Kier molecular flexibility index (Phi) is 4.61. The number of nitrogens with two attached hydrogens (primary N) is 1. The number of likely N-dealkylation sites (N-methyl/N-ethyl adjacent to an activating group) is 1. The first kappa shape index (κ1) is 15.2. The van der Waals surface area contributed by atoms with Crippen molar-refractivity contribution < 1.29 is 22.7 Å². The zero-order chi connectivity index (χ0) is 14.0. The molecule has 0 aliphatic carbocycles. The number of alkyl halides is 3. The number of ether oxygens (including phenoxy) is 1. The standard InChI is InChI=1S/C11H19F3N2O2/c1-3-16(7-8-5-4-6-18-8)9(17)10(2,15)11(12,13)14/h8H,3-7,15H2,1-2H3. The molecule has 2 atom stereocenters. The minimum absolute atomic E-state index is 0.165. The summed E-state index contributed by atoms with van der Waals surface area (Å²) >= 11 is 0. The van der Waals surface area contributed by atoms with Gasteiger partial charge in [-0.15, -0.1) is 0 Å². The van der Waals surface area contributed by atoms with Crippen molar-refractivity contribution >= 4 is 5.91 Å². The minimum atomic E-state index is -4.76. The highest BCUT2D eigenvalue weighted by Crippen LogP contribution is 2.30. The van der Waals surface area contributed by atoms with Crippen LogP contribution < -0.4 is 5.73 Å². The van der Waals surface area contributed by atoms with E-state index in [0.717, 1.165) is 17.7 Å². The van der Waals surface area contributed by atoms with Gasteiger partial charge >= 0.3 is 6.18 Å². The number of rotatable bonds is 4. The molecule has 0 bridgehead atoms. The van der Waals surface area contributed by atoms with E-state index in [2.05, 4.69) is 0 Å². The van der Waals surface area contributed by atoms with Gasteiger partial charge in [0.1, 0.15) is 0 Å². The van der Waals surface area contributed by atoms with E-state index in [0.29, 0.717) is 13.5 Å². The van der Waals surface area contributed by atoms with Crippen LogP contribution in [0.15, 0.2) is 0 Å². The largest absolute Gasteiger partial charge is 0.415 e. The van der Waals surface area contributed by atoms with Crippen molar-refractivity contribution in [1.82, 2.24) is 4.90 Å². The molecule has 1 fully saturated rings. The number of nitrogens with zero attached hydrogens (tertiary/aromatic N) is 1. The topological polar surface area (TPSA) is 55.6 Å². The van der Waals surface area contributed by atoms with Crippen LogP contribution >= 0.6 is 0 Å². The molecule has 1 rings (SSSR count). The van der Waals surface area contributed by atoms with E-state index in [1.165, 1.54) is 0 Å². The maximum Gasteiger partial charge on any atom is 0.415 e. The number of carbonyl (C=O) groups is 1. The summed E-state index contributed by atoms with van der Waals surface area (Å²) in [5.74, 6) is -1.10. The molecule has 18 heavy (non-hydrogen) atoms. The van der Waals surface area contributed by atoms with Crippen molar-refractivity contribution in [3.63, 3.8) is 0 Å². The Balaban J connectivity index is 2.72. The molecule has 0 aromatic heterocycles. The zero-order valence-corrected chi connectivity index (χ0v) is 10.6. The Morgan fingerprint density at radius 2 is 2.11 bits per heavy atom. The van der Waals surface area contributed by atoms with Gasteiger partial charge in [-0.05, 0) is 26.7 Å². The Bertz CT molecular complexity index is 299. The molecule has 1 aliphatic rings. The first-order valence-corrected chi connectivity index (χ1v) is 5.96. The van der Waals surface area contributed by atoms with E-state index in [4.69, 9.17) is 10.5 Å². The summed E-state index contributed by atoms with van der Waals surface area (Å²) < 4.78 is 43.4. The summed E-state index contributed by atoms with van der Waals surface area (Å²) in [6.45, 7) is 3.27. The third-order valence-corrected chi connectivity index (χ3v) is 3.15. The summed E-state index contributed by atoms with van der Waals surface area (Å²) in [6, 6.07) is 0. The van der Waals surface area contributed by atoms with Crippen molar-refractivity contribution in [3.8, 4) is 0 Å².